The molecule has 6 nitrogen and oxygen atoms in total. The summed E-state index contributed by atoms with van der Waals surface area (Å²) in [6.07, 6.45) is 4.57. The molecule has 2 aliphatic heterocycles. The second-order valence-corrected chi connectivity index (χ2v) is 9.07. The van der Waals surface area contributed by atoms with Gasteiger partial charge in [-0.15, -0.1) is 0 Å². The van der Waals surface area contributed by atoms with Gasteiger partial charge < -0.3 is 14.7 Å². The molecule has 3 rings (SSSR count). The summed E-state index contributed by atoms with van der Waals surface area (Å²) in [4.78, 5) is 14.6. The lowest BCUT2D eigenvalue weighted by atomic mass is 9.76. The quantitative estimate of drug-likeness (QED) is 0.865. The van der Waals surface area contributed by atoms with Crippen LogP contribution in [0.3, 0.4) is 0 Å². The number of likely N-dealkylation sites (tertiary alicyclic amines) is 1. The van der Waals surface area contributed by atoms with E-state index in [2.05, 4.69) is 37.9 Å². The van der Waals surface area contributed by atoms with Gasteiger partial charge in [0.15, 0.2) is 0 Å². The van der Waals surface area contributed by atoms with Crippen molar-refractivity contribution in [3.63, 3.8) is 0 Å². The molecule has 2 saturated heterocycles. The monoisotopic (exact) mass is 363 g/mol. The minimum atomic E-state index is -0.321. The van der Waals surface area contributed by atoms with Gasteiger partial charge in [0.25, 0.3) is 5.91 Å². The van der Waals surface area contributed by atoms with Crippen LogP contribution >= 0.6 is 0 Å². The maximum atomic E-state index is 12.7. The molecule has 0 aromatic carbocycles. The number of aliphatic hydroxyl groups is 1. The minimum Gasteiger partial charge on any atom is -0.393 e. The summed E-state index contributed by atoms with van der Waals surface area (Å²) in [6.45, 7) is 9.89. The fourth-order valence-electron chi connectivity index (χ4n) is 4.16. The van der Waals surface area contributed by atoms with E-state index in [4.69, 9.17) is 4.74 Å². The lowest BCUT2D eigenvalue weighted by Gasteiger charge is -2.50. The van der Waals surface area contributed by atoms with Crippen molar-refractivity contribution in [2.75, 3.05) is 13.1 Å². The average molecular weight is 364 g/mol. The number of carbonyl (C=O) groups excluding carboxylic acids is 1. The van der Waals surface area contributed by atoms with Crippen molar-refractivity contribution in [1.29, 1.82) is 0 Å². The third-order valence-electron chi connectivity index (χ3n) is 5.78. The van der Waals surface area contributed by atoms with Crippen molar-refractivity contribution >= 4 is 5.91 Å². The van der Waals surface area contributed by atoms with E-state index in [1.54, 1.807) is 0 Å². The molecule has 0 aliphatic carbocycles. The number of piperidine rings is 1. The molecule has 146 valence electrons. The molecule has 1 aromatic heterocycles. The normalized spacial score (nSPS) is 26.3. The van der Waals surface area contributed by atoms with E-state index >= 15 is 0 Å². The zero-order valence-electron chi connectivity index (χ0n) is 16.5. The van der Waals surface area contributed by atoms with Crippen molar-refractivity contribution in [2.45, 2.75) is 84.0 Å². The number of H-pyrrole nitrogens is 1. The maximum Gasteiger partial charge on any atom is 0.274 e. The first-order valence-electron chi connectivity index (χ1n) is 9.92. The predicted molar refractivity (Wildman–Crippen MR) is 100 cm³/mol. The smallest absolute Gasteiger partial charge is 0.274 e. The molecule has 6 heteroatoms. The van der Waals surface area contributed by atoms with E-state index in [-0.39, 0.29) is 29.1 Å². The lowest BCUT2D eigenvalue weighted by Crippen LogP contribution is -2.55. The molecule has 2 fully saturated rings. The number of hydrogen-bond donors (Lipinski definition) is 2. The van der Waals surface area contributed by atoms with Gasteiger partial charge in [-0.2, -0.15) is 5.10 Å². The Bertz CT molecular complexity index is 626. The molecule has 0 saturated carbocycles. The highest BCUT2D eigenvalue weighted by atomic mass is 16.5. The predicted octanol–water partition coefficient (Wildman–Crippen LogP) is 2.92. The molecule has 0 radical (unpaired) electrons. The first-order chi connectivity index (χ1) is 12.2. The Morgan fingerprint density at radius 2 is 2.12 bits per heavy atom. The van der Waals surface area contributed by atoms with Crippen LogP contribution in [-0.4, -0.2) is 57.0 Å². The topological polar surface area (TPSA) is 78.5 Å². The molecule has 2 N–H and O–H groups in total. The van der Waals surface area contributed by atoms with Crippen LogP contribution in [0.1, 0.15) is 76.0 Å². The van der Waals surface area contributed by atoms with Crippen LogP contribution in [0.5, 0.6) is 0 Å². The molecular weight excluding hydrogens is 330 g/mol. The third kappa shape index (κ3) is 4.12. The van der Waals surface area contributed by atoms with Gasteiger partial charge >= 0.3 is 0 Å². The Labute approximate surface area is 156 Å². The number of amides is 1. The van der Waals surface area contributed by atoms with Crippen LogP contribution in [-0.2, 0) is 11.2 Å². The van der Waals surface area contributed by atoms with Gasteiger partial charge in [0.1, 0.15) is 5.69 Å². The van der Waals surface area contributed by atoms with Gasteiger partial charge in [-0.1, -0.05) is 34.1 Å². The van der Waals surface area contributed by atoms with Crippen molar-refractivity contribution in [3.8, 4) is 0 Å². The molecule has 0 bridgehead atoms. The Balaban J connectivity index is 1.63. The number of nitrogens with one attached hydrogen (secondary N) is 1. The van der Waals surface area contributed by atoms with E-state index in [9.17, 15) is 9.90 Å². The molecule has 3 heterocycles. The molecule has 1 aromatic rings. The Morgan fingerprint density at radius 3 is 2.73 bits per heavy atom. The van der Waals surface area contributed by atoms with Gasteiger partial charge in [-0.05, 0) is 30.7 Å². The number of nitrogens with zero attached hydrogens (tertiary/aromatic N) is 2. The molecule has 0 unspecified atom stereocenters. The number of hydrogen-bond acceptors (Lipinski definition) is 4. The third-order valence-corrected chi connectivity index (χ3v) is 5.78. The van der Waals surface area contributed by atoms with Gasteiger partial charge in [-0.3, -0.25) is 9.89 Å². The van der Waals surface area contributed by atoms with Crippen LogP contribution in [0.15, 0.2) is 6.07 Å². The Kier molecular flexibility index (Phi) is 5.45. The second kappa shape index (κ2) is 7.31. The van der Waals surface area contributed by atoms with Crippen molar-refractivity contribution in [3.05, 3.63) is 17.5 Å². The van der Waals surface area contributed by atoms with Gasteiger partial charge in [0, 0.05) is 31.6 Å². The summed E-state index contributed by atoms with van der Waals surface area (Å²) in [7, 11) is 0. The van der Waals surface area contributed by atoms with Crippen LogP contribution in [0.2, 0.25) is 0 Å². The maximum absolute atomic E-state index is 12.7. The summed E-state index contributed by atoms with van der Waals surface area (Å²) in [5.74, 6) is -0.0119. The fourth-order valence-corrected chi connectivity index (χ4v) is 4.16. The molecular formula is C20H33N3O3. The van der Waals surface area contributed by atoms with Crippen LogP contribution in [0, 0.1) is 5.41 Å². The summed E-state index contributed by atoms with van der Waals surface area (Å²) < 4.78 is 6.50. The van der Waals surface area contributed by atoms with E-state index in [1.165, 1.54) is 0 Å². The van der Waals surface area contributed by atoms with Crippen LogP contribution < -0.4 is 0 Å². The van der Waals surface area contributed by atoms with Crippen LogP contribution in [0.25, 0.3) is 0 Å². The lowest BCUT2D eigenvalue weighted by molar-refractivity contribution is -0.205. The number of rotatable bonds is 3. The first-order valence-corrected chi connectivity index (χ1v) is 9.92. The number of aromatic nitrogens is 2. The first kappa shape index (κ1) is 19.4. The van der Waals surface area contributed by atoms with Gasteiger partial charge in [-0.25, -0.2) is 0 Å². The summed E-state index contributed by atoms with van der Waals surface area (Å²) in [5, 5.41) is 17.5. The summed E-state index contributed by atoms with van der Waals surface area (Å²) >= 11 is 0. The largest absolute Gasteiger partial charge is 0.393 e. The Hall–Kier alpha value is -1.40. The highest BCUT2D eigenvalue weighted by molar-refractivity contribution is 5.92. The molecule has 26 heavy (non-hydrogen) atoms. The van der Waals surface area contributed by atoms with E-state index < -0.39 is 0 Å². The molecule has 2 aliphatic rings. The number of carbonyl (C=O) groups is 1. The van der Waals surface area contributed by atoms with Crippen molar-refractivity contribution in [1.82, 2.24) is 15.1 Å². The average Bonchev–Trinajstić information content (AvgIpc) is 3.02. The zero-order chi connectivity index (χ0) is 18.9. The second-order valence-electron chi connectivity index (χ2n) is 9.07. The number of ether oxygens (including phenoxy) is 1. The van der Waals surface area contributed by atoms with Crippen molar-refractivity contribution in [2.24, 2.45) is 5.41 Å². The summed E-state index contributed by atoms with van der Waals surface area (Å²) in [5.41, 5.74) is 1.22. The van der Waals surface area contributed by atoms with Gasteiger partial charge in [0.2, 0.25) is 0 Å². The minimum absolute atomic E-state index is 0.00603. The molecule has 1 amide bonds. The van der Waals surface area contributed by atoms with E-state index in [0.717, 1.165) is 31.4 Å². The highest BCUT2D eigenvalue weighted by Gasteiger charge is 2.46. The standard InChI is InChI=1S/C20H33N3O3/c1-5-6-14-11-16(22-21-14)18(25)23-9-7-20(8-10-23)13-15(24)12-17(26-20)19(2,3)4/h11,15,17,24H,5-10,12-13H2,1-4H3,(H,21,22)/t15-,17-/m1/s1. The molecule has 2 atom stereocenters. The number of aromatic amines is 1. The highest BCUT2D eigenvalue weighted by Crippen LogP contribution is 2.42. The van der Waals surface area contributed by atoms with Crippen molar-refractivity contribution < 1.29 is 14.6 Å². The summed E-state index contributed by atoms with van der Waals surface area (Å²) in [6, 6.07) is 1.87. The van der Waals surface area contributed by atoms with E-state index in [0.29, 0.717) is 31.6 Å². The van der Waals surface area contributed by atoms with Gasteiger partial charge in [0.05, 0.1) is 17.8 Å². The zero-order valence-corrected chi connectivity index (χ0v) is 16.5. The Morgan fingerprint density at radius 1 is 1.42 bits per heavy atom. The SMILES string of the molecule is CCCc1cc(C(=O)N2CCC3(CC2)C[C@H](O)C[C@H](C(C)(C)C)O3)n[nH]1. The van der Waals surface area contributed by atoms with Crippen LogP contribution in [0.4, 0.5) is 0 Å². The molecule has 1 spiro atoms. The fraction of sp³-hybridized carbons (Fsp3) is 0.800. The number of aliphatic hydroxyl groups excluding tert-OH is 1. The number of aryl methyl sites for hydroxylation is 1. The van der Waals surface area contributed by atoms with E-state index in [1.807, 2.05) is 11.0 Å².